The first-order valence-corrected chi connectivity index (χ1v) is 8.73. The summed E-state index contributed by atoms with van der Waals surface area (Å²) in [5.41, 5.74) is 1.11. The highest BCUT2D eigenvalue weighted by Gasteiger charge is 2.14. The van der Waals surface area contributed by atoms with Crippen LogP contribution in [0.2, 0.25) is 0 Å². The number of H-pyrrole nitrogens is 1. The van der Waals surface area contributed by atoms with Gasteiger partial charge in [-0.1, -0.05) is 18.2 Å². The molecule has 10 heteroatoms. The fraction of sp³-hybridized carbons (Fsp3) is 0.222. The maximum Gasteiger partial charge on any atom is 0.328 e. The number of aromatic amines is 1. The minimum absolute atomic E-state index is 0.364. The van der Waals surface area contributed by atoms with Gasteiger partial charge in [-0.2, -0.15) is 5.10 Å². The van der Waals surface area contributed by atoms with Crippen molar-refractivity contribution in [3.05, 3.63) is 87.2 Å². The zero-order valence-corrected chi connectivity index (χ0v) is 15.2. The molecule has 28 heavy (non-hydrogen) atoms. The number of hydrogen-bond donors (Lipinski definition) is 1. The van der Waals surface area contributed by atoms with Crippen molar-refractivity contribution in [2.75, 3.05) is 0 Å². The zero-order valence-electron chi connectivity index (χ0n) is 15.2. The summed E-state index contributed by atoms with van der Waals surface area (Å²) in [6, 6.07) is 9.20. The van der Waals surface area contributed by atoms with Gasteiger partial charge in [0.05, 0.1) is 5.69 Å². The van der Waals surface area contributed by atoms with Gasteiger partial charge >= 0.3 is 5.69 Å². The fourth-order valence-electron chi connectivity index (χ4n) is 2.91. The topological polar surface area (TPSA) is 116 Å². The first-order valence-electron chi connectivity index (χ1n) is 8.73. The van der Waals surface area contributed by atoms with Gasteiger partial charge in [-0.25, -0.2) is 24.1 Å². The average Bonchev–Trinajstić information content (AvgIpc) is 3.32. The van der Waals surface area contributed by atoms with Gasteiger partial charge in [-0.3, -0.25) is 9.78 Å². The quantitative estimate of drug-likeness (QED) is 0.516. The van der Waals surface area contributed by atoms with Crippen molar-refractivity contribution in [2.45, 2.75) is 26.4 Å². The van der Waals surface area contributed by atoms with E-state index in [2.05, 4.69) is 25.1 Å². The van der Waals surface area contributed by atoms with Crippen molar-refractivity contribution < 1.29 is 0 Å². The molecule has 3 aromatic heterocycles. The Morgan fingerprint density at radius 2 is 2.00 bits per heavy atom. The van der Waals surface area contributed by atoms with Gasteiger partial charge in [-0.05, 0) is 18.6 Å². The van der Waals surface area contributed by atoms with Crippen LogP contribution in [0.25, 0.3) is 5.69 Å². The number of nitrogens with one attached hydrogen (secondary N) is 1. The number of aryl methyl sites for hydroxylation is 3. The van der Waals surface area contributed by atoms with E-state index >= 15 is 0 Å². The van der Waals surface area contributed by atoms with Crippen LogP contribution in [-0.4, -0.2) is 39.1 Å². The minimum Gasteiger partial charge on any atom is -0.300 e. The van der Waals surface area contributed by atoms with Crippen LogP contribution in [0.4, 0.5) is 0 Å². The van der Waals surface area contributed by atoms with E-state index in [1.807, 2.05) is 31.2 Å². The number of para-hydroxylation sites is 1. The first-order chi connectivity index (χ1) is 13.6. The van der Waals surface area contributed by atoms with Crippen molar-refractivity contribution in [2.24, 2.45) is 0 Å². The highest BCUT2D eigenvalue weighted by molar-refractivity contribution is 5.39. The number of aromatic nitrogens is 8. The first kappa shape index (κ1) is 17.6. The number of benzene rings is 1. The Kier molecular flexibility index (Phi) is 4.67. The molecule has 0 unspecified atom stereocenters. The van der Waals surface area contributed by atoms with Crippen LogP contribution in [0.3, 0.4) is 0 Å². The Morgan fingerprint density at radius 1 is 1.14 bits per heavy atom. The van der Waals surface area contributed by atoms with Crippen molar-refractivity contribution in [3.63, 3.8) is 0 Å². The molecule has 0 saturated carbocycles. The second-order valence-electron chi connectivity index (χ2n) is 6.29. The van der Waals surface area contributed by atoms with Gasteiger partial charge in [0.1, 0.15) is 25.0 Å². The van der Waals surface area contributed by atoms with Crippen molar-refractivity contribution in [1.82, 2.24) is 39.1 Å². The third-order valence-electron chi connectivity index (χ3n) is 4.30. The highest BCUT2D eigenvalue weighted by atomic mass is 16.2. The molecule has 4 rings (SSSR count). The summed E-state index contributed by atoms with van der Waals surface area (Å²) in [6.45, 7) is 2.76. The lowest BCUT2D eigenvalue weighted by Crippen LogP contribution is -2.29. The second kappa shape index (κ2) is 7.43. The Bertz CT molecular complexity index is 1200. The van der Waals surface area contributed by atoms with Crippen molar-refractivity contribution in [1.29, 1.82) is 0 Å². The fourth-order valence-corrected chi connectivity index (χ4v) is 2.91. The maximum atomic E-state index is 11.9. The normalized spacial score (nSPS) is 11.0. The van der Waals surface area contributed by atoms with E-state index in [1.165, 1.54) is 23.2 Å². The monoisotopic (exact) mass is 378 g/mol. The molecule has 4 aromatic rings. The summed E-state index contributed by atoms with van der Waals surface area (Å²) >= 11 is 0. The minimum atomic E-state index is -0.447. The van der Waals surface area contributed by atoms with E-state index in [9.17, 15) is 9.59 Å². The molecule has 0 atom stereocenters. The molecule has 0 radical (unpaired) electrons. The summed E-state index contributed by atoms with van der Waals surface area (Å²) in [6.07, 6.45) is 5.01. The maximum absolute atomic E-state index is 11.9. The lowest BCUT2D eigenvalue weighted by molar-refractivity contribution is 0.616. The lowest BCUT2D eigenvalue weighted by atomic mass is 10.2. The molecular formula is C18H18N8O2. The van der Waals surface area contributed by atoms with Gasteiger partial charge in [0.25, 0.3) is 5.56 Å². The number of rotatable bonds is 6. The molecule has 0 saturated heterocycles. The molecule has 0 bridgehead atoms. The van der Waals surface area contributed by atoms with E-state index in [-0.39, 0.29) is 0 Å². The van der Waals surface area contributed by atoms with Crippen molar-refractivity contribution in [3.8, 4) is 5.69 Å². The van der Waals surface area contributed by atoms with Crippen LogP contribution >= 0.6 is 0 Å². The van der Waals surface area contributed by atoms with E-state index in [4.69, 9.17) is 0 Å². The molecule has 0 aliphatic heterocycles. The summed E-state index contributed by atoms with van der Waals surface area (Å²) in [5.74, 6) is 1.31. The van der Waals surface area contributed by atoms with E-state index < -0.39 is 11.2 Å². The van der Waals surface area contributed by atoms with E-state index in [0.717, 1.165) is 11.3 Å². The van der Waals surface area contributed by atoms with Crippen LogP contribution in [0.15, 0.2) is 58.8 Å². The molecule has 3 heterocycles. The van der Waals surface area contributed by atoms with Gasteiger partial charge < -0.3 is 4.57 Å². The SMILES string of the molecule is Cc1ccccc1-n1nc(Cn2cncn2)nc1CCn1ccc(=O)[nH]c1=O. The molecule has 0 aliphatic rings. The van der Waals surface area contributed by atoms with Crippen LogP contribution in [0.1, 0.15) is 17.2 Å². The third kappa shape index (κ3) is 3.65. The van der Waals surface area contributed by atoms with Crippen LogP contribution < -0.4 is 11.2 Å². The molecular weight excluding hydrogens is 360 g/mol. The molecule has 10 nitrogen and oxygen atoms in total. The smallest absolute Gasteiger partial charge is 0.300 e. The predicted molar refractivity (Wildman–Crippen MR) is 100 cm³/mol. The molecule has 0 amide bonds. The Balaban J connectivity index is 1.67. The average molecular weight is 378 g/mol. The van der Waals surface area contributed by atoms with Gasteiger partial charge in [0, 0.05) is 25.2 Å². The second-order valence-corrected chi connectivity index (χ2v) is 6.29. The van der Waals surface area contributed by atoms with Gasteiger partial charge in [-0.15, -0.1) is 5.10 Å². The summed E-state index contributed by atoms with van der Waals surface area (Å²) in [5, 5.41) is 8.73. The zero-order chi connectivity index (χ0) is 19.5. The standard InChI is InChI=1S/C18H18N8O2/c1-13-4-2-3-5-14(13)26-16(6-8-24-9-7-17(27)22-18(24)28)21-15(23-26)10-25-12-19-11-20-25/h2-5,7,9,11-12H,6,8,10H2,1H3,(H,22,27,28). The highest BCUT2D eigenvalue weighted by Crippen LogP contribution is 2.15. The van der Waals surface area contributed by atoms with Gasteiger partial charge in [0.2, 0.25) is 0 Å². The van der Waals surface area contributed by atoms with Crippen molar-refractivity contribution >= 4 is 0 Å². The molecule has 1 N–H and O–H groups in total. The van der Waals surface area contributed by atoms with Gasteiger partial charge in [0.15, 0.2) is 5.82 Å². The Hall–Kier alpha value is -3.82. The molecule has 0 fully saturated rings. The third-order valence-corrected chi connectivity index (χ3v) is 4.30. The predicted octanol–water partition coefficient (Wildman–Crippen LogP) is 0.308. The molecule has 1 aromatic carbocycles. The van der Waals surface area contributed by atoms with Crippen LogP contribution in [-0.2, 0) is 19.5 Å². The number of hydrogen-bond acceptors (Lipinski definition) is 6. The molecule has 0 spiro atoms. The summed E-state index contributed by atoms with van der Waals surface area (Å²) in [7, 11) is 0. The largest absolute Gasteiger partial charge is 0.328 e. The Morgan fingerprint density at radius 3 is 2.75 bits per heavy atom. The van der Waals surface area contributed by atoms with E-state index in [0.29, 0.717) is 31.2 Å². The van der Waals surface area contributed by atoms with E-state index in [1.54, 1.807) is 15.7 Å². The summed E-state index contributed by atoms with van der Waals surface area (Å²) in [4.78, 5) is 34.0. The summed E-state index contributed by atoms with van der Waals surface area (Å²) < 4.78 is 4.88. The molecule has 0 aliphatic carbocycles. The number of nitrogens with zero attached hydrogens (tertiary/aromatic N) is 7. The van der Waals surface area contributed by atoms with Crippen LogP contribution in [0, 0.1) is 6.92 Å². The Labute approximate surface area is 159 Å². The lowest BCUT2D eigenvalue weighted by Gasteiger charge is -2.09. The van der Waals surface area contributed by atoms with Crippen LogP contribution in [0.5, 0.6) is 0 Å². The molecule has 142 valence electrons.